The van der Waals surface area contributed by atoms with Gasteiger partial charge in [-0.3, -0.25) is 0 Å². The number of nitrogens with one attached hydrogen (secondary N) is 1. The molecule has 1 aliphatic heterocycles. The van der Waals surface area contributed by atoms with Crippen LogP contribution in [0.4, 0.5) is 0 Å². The van der Waals surface area contributed by atoms with Crippen molar-refractivity contribution < 1.29 is 0 Å². The van der Waals surface area contributed by atoms with E-state index in [-0.39, 0.29) is 0 Å². The largest absolute Gasteiger partial charge is 0.330 e. The summed E-state index contributed by atoms with van der Waals surface area (Å²) in [6, 6.07) is 0.717. The fourth-order valence-electron chi connectivity index (χ4n) is 2.82. The van der Waals surface area contributed by atoms with E-state index in [1.54, 1.807) is 0 Å². The molecule has 0 bridgehead atoms. The number of nitrogens with two attached hydrogens (primary N) is 1. The summed E-state index contributed by atoms with van der Waals surface area (Å²) in [5.41, 5.74) is 5.83. The third-order valence-electron chi connectivity index (χ3n) is 3.90. The van der Waals surface area contributed by atoms with Crippen LogP contribution in [0.15, 0.2) is 0 Å². The lowest BCUT2D eigenvalue weighted by molar-refractivity contribution is 0.260. The molecule has 2 fully saturated rings. The first-order valence-electron chi connectivity index (χ1n) is 6.41. The van der Waals surface area contributed by atoms with Crippen molar-refractivity contribution in [2.24, 2.45) is 17.6 Å². The van der Waals surface area contributed by atoms with Crippen LogP contribution in [0.25, 0.3) is 0 Å². The van der Waals surface area contributed by atoms with Gasteiger partial charge in [0.15, 0.2) is 0 Å². The van der Waals surface area contributed by atoms with Gasteiger partial charge >= 0.3 is 0 Å². The highest BCUT2D eigenvalue weighted by molar-refractivity contribution is 7.99. The average Bonchev–Trinajstić information content (AvgIpc) is 2.79. The lowest BCUT2D eigenvalue weighted by Crippen LogP contribution is -2.43. The van der Waals surface area contributed by atoms with Crippen LogP contribution in [0.1, 0.15) is 32.1 Å². The Bertz CT molecular complexity index is 180. The lowest BCUT2D eigenvalue weighted by Gasteiger charge is -2.32. The maximum absolute atomic E-state index is 5.83. The van der Waals surface area contributed by atoms with Crippen molar-refractivity contribution >= 4 is 11.8 Å². The smallest absolute Gasteiger partial charge is 0.0107 e. The highest BCUT2D eigenvalue weighted by atomic mass is 32.2. The molecule has 0 aromatic rings. The minimum absolute atomic E-state index is 0.717. The van der Waals surface area contributed by atoms with E-state index in [0.29, 0.717) is 6.04 Å². The van der Waals surface area contributed by atoms with Gasteiger partial charge in [0.25, 0.3) is 0 Å². The zero-order chi connectivity index (χ0) is 10.5. The molecule has 3 N–H and O–H groups in total. The maximum atomic E-state index is 5.83. The number of hydrogen-bond donors (Lipinski definition) is 2. The van der Waals surface area contributed by atoms with Crippen LogP contribution >= 0.6 is 11.8 Å². The van der Waals surface area contributed by atoms with Crippen molar-refractivity contribution in [2.75, 3.05) is 24.6 Å². The Labute approximate surface area is 97.8 Å². The molecule has 0 amide bonds. The predicted molar refractivity (Wildman–Crippen MR) is 68.2 cm³/mol. The summed E-state index contributed by atoms with van der Waals surface area (Å²) in [4.78, 5) is 0. The fourth-order valence-corrected chi connectivity index (χ4v) is 4.11. The van der Waals surface area contributed by atoms with E-state index in [4.69, 9.17) is 5.73 Å². The molecule has 0 aromatic carbocycles. The number of rotatable bonds is 4. The molecule has 2 nitrogen and oxygen atoms in total. The Morgan fingerprint density at radius 1 is 1.20 bits per heavy atom. The van der Waals surface area contributed by atoms with Gasteiger partial charge in [0.2, 0.25) is 0 Å². The van der Waals surface area contributed by atoms with E-state index in [2.05, 4.69) is 17.1 Å². The average molecular weight is 228 g/mol. The van der Waals surface area contributed by atoms with E-state index in [1.165, 1.54) is 50.2 Å². The first-order chi connectivity index (χ1) is 7.40. The molecule has 88 valence electrons. The molecule has 1 saturated carbocycles. The lowest BCUT2D eigenvalue weighted by atomic mass is 9.84. The highest BCUT2D eigenvalue weighted by Crippen LogP contribution is 2.26. The van der Waals surface area contributed by atoms with E-state index in [9.17, 15) is 0 Å². The Kier molecular flexibility index (Phi) is 4.79. The van der Waals surface area contributed by atoms with Crippen LogP contribution in [0.2, 0.25) is 0 Å². The minimum Gasteiger partial charge on any atom is -0.330 e. The molecule has 0 spiro atoms. The normalized spacial score (nSPS) is 37.0. The van der Waals surface area contributed by atoms with Crippen molar-refractivity contribution in [3.8, 4) is 0 Å². The van der Waals surface area contributed by atoms with Crippen LogP contribution in [-0.4, -0.2) is 30.6 Å². The molecule has 2 rings (SSSR count). The minimum atomic E-state index is 0.717. The molecular weight excluding hydrogens is 204 g/mol. The summed E-state index contributed by atoms with van der Waals surface area (Å²) in [6.07, 6.45) is 6.89. The molecule has 3 atom stereocenters. The van der Waals surface area contributed by atoms with E-state index >= 15 is 0 Å². The summed E-state index contributed by atoms with van der Waals surface area (Å²) < 4.78 is 0. The molecular formula is C12H24N2S. The first-order valence-corrected chi connectivity index (χ1v) is 7.57. The SMILES string of the molecule is NCC1CCCCC1NCC1CCSC1. The zero-order valence-electron chi connectivity index (χ0n) is 9.58. The van der Waals surface area contributed by atoms with Gasteiger partial charge in [-0.2, -0.15) is 11.8 Å². The van der Waals surface area contributed by atoms with Crippen LogP contribution in [0, 0.1) is 11.8 Å². The molecule has 2 aliphatic rings. The second-order valence-electron chi connectivity index (χ2n) is 5.02. The van der Waals surface area contributed by atoms with Crippen LogP contribution in [-0.2, 0) is 0 Å². The van der Waals surface area contributed by atoms with Gasteiger partial charge in [0.05, 0.1) is 0 Å². The number of hydrogen-bond acceptors (Lipinski definition) is 3. The Hall–Kier alpha value is 0.270. The fraction of sp³-hybridized carbons (Fsp3) is 1.00. The molecule has 1 heterocycles. The van der Waals surface area contributed by atoms with Gasteiger partial charge < -0.3 is 11.1 Å². The van der Waals surface area contributed by atoms with Crippen molar-refractivity contribution in [3.63, 3.8) is 0 Å². The van der Waals surface area contributed by atoms with Crippen molar-refractivity contribution in [2.45, 2.75) is 38.1 Å². The molecule has 3 unspecified atom stereocenters. The van der Waals surface area contributed by atoms with Crippen LogP contribution in [0.5, 0.6) is 0 Å². The molecule has 0 radical (unpaired) electrons. The summed E-state index contributed by atoms with van der Waals surface area (Å²) in [6.45, 7) is 2.10. The van der Waals surface area contributed by atoms with E-state index in [1.807, 2.05) is 0 Å². The van der Waals surface area contributed by atoms with Gasteiger partial charge in [-0.25, -0.2) is 0 Å². The van der Waals surface area contributed by atoms with Gasteiger partial charge in [0.1, 0.15) is 0 Å². The monoisotopic (exact) mass is 228 g/mol. The standard InChI is InChI=1S/C12H24N2S/c13-7-11-3-1-2-4-12(11)14-8-10-5-6-15-9-10/h10-12,14H,1-9,13H2. The van der Waals surface area contributed by atoms with Crippen LogP contribution < -0.4 is 11.1 Å². The van der Waals surface area contributed by atoms with Crippen molar-refractivity contribution in [3.05, 3.63) is 0 Å². The quantitative estimate of drug-likeness (QED) is 0.771. The Morgan fingerprint density at radius 2 is 2.07 bits per heavy atom. The summed E-state index contributed by atoms with van der Waals surface area (Å²) in [5.74, 6) is 4.41. The molecule has 1 saturated heterocycles. The summed E-state index contributed by atoms with van der Waals surface area (Å²) >= 11 is 2.11. The zero-order valence-corrected chi connectivity index (χ0v) is 10.4. The van der Waals surface area contributed by atoms with Gasteiger partial charge in [-0.1, -0.05) is 12.8 Å². The third-order valence-corrected chi connectivity index (χ3v) is 5.14. The molecule has 3 heteroatoms. The van der Waals surface area contributed by atoms with Gasteiger partial charge in [0, 0.05) is 6.04 Å². The predicted octanol–water partition coefficient (Wildman–Crippen LogP) is 1.85. The highest BCUT2D eigenvalue weighted by Gasteiger charge is 2.24. The van der Waals surface area contributed by atoms with E-state index < -0.39 is 0 Å². The topological polar surface area (TPSA) is 38.0 Å². The van der Waals surface area contributed by atoms with E-state index in [0.717, 1.165) is 18.4 Å². The number of thioether (sulfide) groups is 1. The van der Waals surface area contributed by atoms with Gasteiger partial charge in [-0.05, 0) is 55.7 Å². The van der Waals surface area contributed by atoms with Crippen molar-refractivity contribution in [1.29, 1.82) is 0 Å². The maximum Gasteiger partial charge on any atom is 0.0107 e. The molecule has 1 aliphatic carbocycles. The molecule has 0 aromatic heterocycles. The first kappa shape index (κ1) is 11.7. The van der Waals surface area contributed by atoms with Crippen LogP contribution in [0.3, 0.4) is 0 Å². The Balaban J connectivity index is 1.71. The summed E-state index contributed by atoms with van der Waals surface area (Å²) in [7, 11) is 0. The van der Waals surface area contributed by atoms with Gasteiger partial charge in [-0.15, -0.1) is 0 Å². The van der Waals surface area contributed by atoms with Crippen molar-refractivity contribution in [1.82, 2.24) is 5.32 Å². The summed E-state index contributed by atoms with van der Waals surface area (Å²) in [5, 5.41) is 3.77. The Morgan fingerprint density at radius 3 is 2.80 bits per heavy atom. The second kappa shape index (κ2) is 6.12. The second-order valence-corrected chi connectivity index (χ2v) is 6.17. The molecule has 15 heavy (non-hydrogen) atoms. The third kappa shape index (κ3) is 3.36.